The van der Waals surface area contributed by atoms with Gasteiger partial charge < -0.3 is 9.47 Å². The predicted molar refractivity (Wildman–Crippen MR) is 125 cm³/mol. The Morgan fingerprint density at radius 3 is 2.32 bits per heavy atom. The minimum atomic E-state index is -3.25. The first kappa shape index (κ1) is 19.6. The van der Waals surface area contributed by atoms with Crippen LogP contribution < -0.4 is 4.90 Å². The lowest BCUT2D eigenvalue weighted by Gasteiger charge is -2.39. The van der Waals surface area contributed by atoms with Crippen LogP contribution in [0.25, 0.3) is 16.7 Å². The highest BCUT2D eigenvalue weighted by atomic mass is 32.2. The van der Waals surface area contributed by atoms with Crippen molar-refractivity contribution in [3.05, 3.63) is 96.3 Å². The van der Waals surface area contributed by atoms with Crippen LogP contribution in [-0.4, -0.2) is 24.2 Å². The molecule has 0 spiro atoms. The first-order chi connectivity index (χ1) is 14.8. The lowest BCUT2D eigenvalue weighted by Crippen LogP contribution is -2.36. The van der Waals surface area contributed by atoms with Crippen molar-refractivity contribution in [2.75, 3.05) is 11.2 Å². The average Bonchev–Trinajstić information content (AvgIpc) is 3.13. The first-order valence-corrected chi connectivity index (χ1v) is 12.0. The molecule has 6 heteroatoms. The summed E-state index contributed by atoms with van der Waals surface area (Å²) in [5, 5.41) is 0. The van der Waals surface area contributed by atoms with Gasteiger partial charge in [-0.15, -0.1) is 0 Å². The molecular formula is C25H23N3O2S. The van der Waals surface area contributed by atoms with Crippen molar-refractivity contribution in [2.45, 2.75) is 24.4 Å². The van der Waals surface area contributed by atoms with Crippen LogP contribution in [0.3, 0.4) is 0 Å². The number of rotatable bonds is 3. The second kappa shape index (κ2) is 7.10. The molecular weight excluding hydrogens is 406 g/mol. The molecule has 0 fully saturated rings. The van der Waals surface area contributed by atoms with Gasteiger partial charge in [0, 0.05) is 18.5 Å². The third kappa shape index (κ3) is 3.33. The second-order valence-electron chi connectivity index (χ2n) is 8.04. The molecule has 5 rings (SSSR count). The Balaban J connectivity index is 1.68. The molecule has 5 nitrogen and oxygen atoms in total. The Morgan fingerprint density at radius 2 is 1.65 bits per heavy atom. The van der Waals surface area contributed by atoms with Crippen LogP contribution in [0.1, 0.15) is 23.0 Å². The summed E-state index contributed by atoms with van der Waals surface area (Å²) in [4.78, 5) is 7.37. The smallest absolute Gasteiger partial charge is 0.175 e. The number of hydrogen-bond acceptors (Lipinski definition) is 4. The number of aryl methyl sites for hydroxylation is 1. The topological polar surface area (TPSA) is 55.2 Å². The number of sulfone groups is 1. The minimum absolute atomic E-state index is 0.0473. The molecule has 0 saturated heterocycles. The highest BCUT2D eigenvalue weighted by Crippen LogP contribution is 2.41. The number of imidazole rings is 1. The summed E-state index contributed by atoms with van der Waals surface area (Å²) in [6, 6.07) is 23.6. The number of aromatic nitrogens is 2. The normalized spacial score (nSPS) is 16.5. The number of nitrogens with zero attached hydrogens (tertiary/aromatic N) is 3. The highest BCUT2D eigenvalue weighted by Gasteiger charge is 2.33. The van der Waals surface area contributed by atoms with E-state index in [2.05, 4.69) is 53.3 Å². The Labute approximate surface area is 182 Å². The Bertz CT molecular complexity index is 1400. The summed E-state index contributed by atoms with van der Waals surface area (Å²) < 4.78 is 26.1. The largest absolute Gasteiger partial charge is 0.330 e. The van der Waals surface area contributed by atoms with Crippen molar-refractivity contribution in [1.82, 2.24) is 9.55 Å². The molecule has 1 atom stereocenters. The standard InChI is InChI=1S/C25H23N3O2S/c1-17-8-12-20(13-9-17)28-18(2)25-26-22-6-4-5-7-23(22)27(25)16-24(28)19-10-14-21(15-11-19)31(3,29)30/h4-15,24H,2,16H2,1,3H3. The van der Waals surface area contributed by atoms with Gasteiger partial charge in [0.25, 0.3) is 0 Å². The summed E-state index contributed by atoms with van der Waals surface area (Å²) in [6.45, 7) is 7.16. The third-order valence-corrected chi connectivity index (χ3v) is 7.00. The van der Waals surface area contributed by atoms with Crippen LogP contribution in [-0.2, 0) is 16.4 Å². The molecule has 0 radical (unpaired) electrons. The van der Waals surface area contributed by atoms with E-state index in [4.69, 9.17) is 4.98 Å². The molecule has 1 unspecified atom stereocenters. The van der Waals surface area contributed by atoms with Gasteiger partial charge in [0.05, 0.1) is 27.7 Å². The Morgan fingerprint density at radius 1 is 0.968 bits per heavy atom. The molecule has 31 heavy (non-hydrogen) atoms. The predicted octanol–water partition coefficient (Wildman–Crippen LogP) is 4.98. The summed E-state index contributed by atoms with van der Waals surface area (Å²) in [5.41, 5.74) is 6.08. The van der Waals surface area contributed by atoms with Gasteiger partial charge in [0.15, 0.2) is 15.7 Å². The van der Waals surface area contributed by atoms with Gasteiger partial charge in [0.1, 0.15) is 0 Å². The molecule has 0 amide bonds. The van der Waals surface area contributed by atoms with Gasteiger partial charge in [-0.25, -0.2) is 13.4 Å². The first-order valence-electron chi connectivity index (χ1n) is 10.1. The molecule has 1 aromatic heterocycles. The molecule has 0 saturated carbocycles. The third-order valence-electron chi connectivity index (χ3n) is 5.88. The quantitative estimate of drug-likeness (QED) is 0.461. The maximum atomic E-state index is 11.9. The highest BCUT2D eigenvalue weighted by molar-refractivity contribution is 7.90. The molecule has 0 bridgehead atoms. The lowest BCUT2D eigenvalue weighted by atomic mass is 10.0. The van der Waals surface area contributed by atoms with Crippen LogP contribution in [0.4, 0.5) is 5.69 Å². The van der Waals surface area contributed by atoms with E-state index < -0.39 is 9.84 Å². The Hall–Kier alpha value is -3.38. The van der Waals surface area contributed by atoms with E-state index in [0.717, 1.165) is 33.8 Å². The Kier molecular flexibility index (Phi) is 4.48. The van der Waals surface area contributed by atoms with Crippen LogP contribution in [0.15, 0.2) is 84.3 Å². The molecule has 0 aliphatic carbocycles. The van der Waals surface area contributed by atoms with Crippen LogP contribution in [0, 0.1) is 6.92 Å². The summed E-state index contributed by atoms with van der Waals surface area (Å²) in [5.74, 6) is 0.853. The van der Waals surface area contributed by atoms with Crippen molar-refractivity contribution in [3.8, 4) is 0 Å². The van der Waals surface area contributed by atoms with E-state index in [-0.39, 0.29) is 6.04 Å². The molecule has 1 aliphatic heterocycles. The van der Waals surface area contributed by atoms with Crippen molar-refractivity contribution >= 4 is 32.3 Å². The zero-order valence-electron chi connectivity index (χ0n) is 17.5. The van der Waals surface area contributed by atoms with Crippen LogP contribution in [0.5, 0.6) is 0 Å². The zero-order chi connectivity index (χ0) is 21.8. The lowest BCUT2D eigenvalue weighted by molar-refractivity contribution is 0.543. The number of fused-ring (bicyclic) bond motifs is 3. The molecule has 2 heterocycles. The number of anilines is 1. The molecule has 4 aromatic rings. The molecule has 156 valence electrons. The van der Waals surface area contributed by atoms with Gasteiger partial charge >= 0.3 is 0 Å². The van der Waals surface area contributed by atoms with Gasteiger partial charge in [-0.05, 0) is 48.9 Å². The molecule has 0 N–H and O–H groups in total. The van der Waals surface area contributed by atoms with Crippen LogP contribution >= 0.6 is 0 Å². The monoisotopic (exact) mass is 429 g/mol. The number of benzene rings is 3. The zero-order valence-corrected chi connectivity index (χ0v) is 18.3. The molecule has 1 aliphatic rings. The summed E-state index contributed by atoms with van der Waals surface area (Å²) in [6.07, 6.45) is 1.23. The van der Waals surface area contributed by atoms with E-state index in [1.807, 2.05) is 30.3 Å². The summed E-state index contributed by atoms with van der Waals surface area (Å²) in [7, 11) is -3.25. The fraction of sp³-hybridized carbons (Fsp3) is 0.160. The summed E-state index contributed by atoms with van der Waals surface area (Å²) >= 11 is 0. The van der Waals surface area contributed by atoms with E-state index in [0.29, 0.717) is 11.4 Å². The van der Waals surface area contributed by atoms with Crippen molar-refractivity contribution < 1.29 is 8.42 Å². The van der Waals surface area contributed by atoms with E-state index >= 15 is 0 Å². The second-order valence-corrected chi connectivity index (χ2v) is 10.1. The SMILES string of the molecule is C=C1c2nc3ccccc3n2CC(c2ccc(S(C)(=O)=O)cc2)N1c1ccc(C)cc1. The van der Waals surface area contributed by atoms with Gasteiger partial charge in [-0.3, -0.25) is 0 Å². The van der Waals surface area contributed by atoms with Crippen LogP contribution in [0.2, 0.25) is 0 Å². The van der Waals surface area contributed by atoms with Crippen molar-refractivity contribution in [2.24, 2.45) is 0 Å². The maximum Gasteiger partial charge on any atom is 0.175 e. The maximum absolute atomic E-state index is 11.9. The average molecular weight is 430 g/mol. The van der Waals surface area contributed by atoms with Gasteiger partial charge in [0.2, 0.25) is 0 Å². The fourth-order valence-electron chi connectivity index (χ4n) is 4.26. The number of hydrogen-bond donors (Lipinski definition) is 0. The molecule has 3 aromatic carbocycles. The van der Waals surface area contributed by atoms with E-state index in [9.17, 15) is 8.42 Å². The van der Waals surface area contributed by atoms with Crippen molar-refractivity contribution in [3.63, 3.8) is 0 Å². The van der Waals surface area contributed by atoms with E-state index in [1.165, 1.54) is 11.8 Å². The fourth-order valence-corrected chi connectivity index (χ4v) is 4.89. The van der Waals surface area contributed by atoms with Gasteiger partial charge in [-0.2, -0.15) is 0 Å². The number of para-hydroxylation sites is 2. The van der Waals surface area contributed by atoms with Crippen molar-refractivity contribution in [1.29, 1.82) is 0 Å². The van der Waals surface area contributed by atoms with E-state index in [1.54, 1.807) is 12.1 Å². The van der Waals surface area contributed by atoms with Gasteiger partial charge in [-0.1, -0.05) is 48.5 Å². The minimum Gasteiger partial charge on any atom is -0.330 e.